The molecule has 2 unspecified atom stereocenters. The van der Waals surface area contributed by atoms with E-state index in [-0.39, 0.29) is 18.0 Å². The second-order valence-corrected chi connectivity index (χ2v) is 9.42. The zero-order valence-electron chi connectivity index (χ0n) is 20.2. The summed E-state index contributed by atoms with van der Waals surface area (Å²) in [6.07, 6.45) is 3.05. The lowest BCUT2D eigenvalue weighted by molar-refractivity contribution is -0.117. The van der Waals surface area contributed by atoms with Crippen molar-refractivity contribution in [1.29, 1.82) is 0 Å². The smallest absolute Gasteiger partial charge is 0.242 e. The Kier molecular flexibility index (Phi) is 6.92. The molecule has 182 valence electrons. The molecule has 3 aromatic rings. The highest BCUT2D eigenvalue weighted by atomic mass is 16.5. The second kappa shape index (κ2) is 10.4. The van der Waals surface area contributed by atoms with Crippen molar-refractivity contribution in [2.24, 2.45) is 5.92 Å². The van der Waals surface area contributed by atoms with Crippen molar-refractivity contribution in [3.8, 4) is 17.0 Å². The minimum atomic E-state index is -0.331. The Bertz CT molecular complexity index is 1140. The van der Waals surface area contributed by atoms with Gasteiger partial charge in [-0.25, -0.2) is 10.9 Å². The number of benzene rings is 2. The Morgan fingerprint density at radius 3 is 2.54 bits per heavy atom. The van der Waals surface area contributed by atoms with Crippen LogP contribution in [0.25, 0.3) is 11.3 Å². The minimum absolute atomic E-state index is 0.0399. The third-order valence-corrected chi connectivity index (χ3v) is 6.92. The molecule has 2 aliphatic heterocycles. The van der Waals surface area contributed by atoms with Gasteiger partial charge in [-0.1, -0.05) is 31.2 Å². The van der Waals surface area contributed by atoms with E-state index >= 15 is 0 Å². The highest BCUT2D eigenvalue weighted by Crippen LogP contribution is 2.27. The number of aromatic nitrogens is 2. The molecule has 8 nitrogen and oxygen atoms in total. The number of nitrogens with zero attached hydrogens (tertiary/aromatic N) is 3. The minimum Gasteiger partial charge on any atom is -0.497 e. The van der Waals surface area contributed by atoms with Crippen LogP contribution in [0.15, 0.2) is 60.7 Å². The van der Waals surface area contributed by atoms with Crippen LogP contribution < -0.4 is 25.8 Å². The van der Waals surface area contributed by atoms with Crippen LogP contribution >= 0.6 is 0 Å². The maximum absolute atomic E-state index is 12.8. The highest BCUT2D eigenvalue weighted by Gasteiger charge is 2.30. The van der Waals surface area contributed by atoms with E-state index in [9.17, 15) is 4.79 Å². The molecule has 0 spiro atoms. The Hall–Kier alpha value is -3.49. The van der Waals surface area contributed by atoms with E-state index in [4.69, 9.17) is 4.74 Å². The van der Waals surface area contributed by atoms with Crippen LogP contribution in [0.2, 0.25) is 0 Å². The first-order valence-corrected chi connectivity index (χ1v) is 12.2. The number of anilines is 2. The Labute approximate surface area is 206 Å². The van der Waals surface area contributed by atoms with Gasteiger partial charge in [0.15, 0.2) is 5.82 Å². The van der Waals surface area contributed by atoms with E-state index in [0.29, 0.717) is 6.42 Å². The van der Waals surface area contributed by atoms with E-state index < -0.39 is 0 Å². The number of piperidine rings is 1. The van der Waals surface area contributed by atoms with Gasteiger partial charge >= 0.3 is 0 Å². The molecule has 0 saturated carbocycles. The molecular formula is C27H32N6O2. The van der Waals surface area contributed by atoms with Crippen LogP contribution in [-0.4, -0.2) is 42.3 Å². The molecule has 2 aromatic carbocycles. The molecule has 3 heterocycles. The molecule has 35 heavy (non-hydrogen) atoms. The van der Waals surface area contributed by atoms with E-state index in [0.717, 1.165) is 53.1 Å². The monoisotopic (exact) mass is 472 g/mol. The Morgan fingerprint density at radius 1 is 1.03 bits per heavy atom. The van der Waals surface area contributed by atoms with Gasteiger partial charge in [-0.2, -0.15) is 0 Å². The van der Waals surface area contributed by atoms with Gasteiger partial charge in [0.05, 0.1) is 12.8 Å². The molecule has 3 N–H and O–H groups in total. The maximum atomic E-state index is 12.8. The summed E-state index contributed by atoms with van der Waals surface area (Å²) in [5, 5.41) is 11.9. The summed E-state index contributed by atoms with van der Waals surface area (Å²) in [6, 6.07) is 19.4. The lowest BCUT2D eigenvalue weighted by Gasteiger charge is -2.30. The number of hydrogen-bond donors (Lipinski definition) is 3. The van der Waals surface area contributed by atoms with Crippen LogP contribution in [0.1, 0.15) is 37.8 Å². The van der Waals surface area contributed by atoms with E-state index in [1.165, 1.54) is 12.8 Å². The van der Waals surface area contributed by atoms with Gasteiger partial charge in [0.1, 0.15) is 11.8 Å². The molecule has 2 atom stereocenters. The third-order valence-electron chi connectivity index (χ3n) is 6.92. The van der Waals surface area contributed by atoms with Crippen molar-refractivity contribution >= 4 is 17.4 Å². The predicted octanol–water partition coefficient (Wildman–Crippen LogP) is 3.93. The summed E-state index contributed by atoms with van der Waals surface area (Å²) >= 11 is 0. The SMILES string of the molecule is COc1cccc(C2CC(C(=O)Nc3ccc(-c4ccc(N5CCC(C)CC5)nn4)cc3)NN2)c1. The molecule has 2 saturated heterocycles. The average molecular weight is 473 g/mol. The van der Waals surface area contributed by atoms with E-state index in [1.54, 1.807) is 7.11 Å². The summed E-state index contributed by atoms with van der Waals surface area (Å²) in [5.74, 6) is 2.45. The summed E-state index contributed by atoms with van der Waals surface area (Å²) in [5.41, 5.74) is 9.94. The summed E-state index contributed by atoms with van der Waals surface area (Å²) in [7, 11) is 1.65. The fourth-order valence-corrected chi connectivity index (χ4v) is 4.64. The Balaban J connectivity index is 1.17. The normalized spacial score (nSPS) is 20.6. The summed E-state index contributed by atoms with van der Waals surface area (Å²) in [4.78, 5) is 15.1. The third kappa shape index (κ3) is 5.44. The van der Waals surface area contributed by atoms with E-state index in [2.05, 4.69) is 38.2 Å². The van der Waals surface area contributed by atoms with Gasteiger partial charge in [0, 0.05) is 30.4 Å². The number of carbonyl (C=O) groups is 1. The lowest BCUT2D eigenvalue weighted by atomic mass is 9.99. The van der Waals surface area contributed by atoms with Crippen LogP contribution in [0.3, 0.4) is 0 Å². The number of amides is 1. The topological polar surface area (TPSA) is 91.4 Å². The molecule has 2 aliphatic rings. The highest BCUT2D eigenvalue weighted by molar-refractivity contribution is 5.95. The number of carbonyl (C=O) groups excluding carboxylic acids is 1. The van der Waals surface area contributed by atoms with Crippen molar-refractivity contribution in [2.45, 2.75) is 38.3 Å². The van der Waals surface area contributed by atoms with Crippen LogP contribution in [0, 0.1) is 5.92 Å². The zero-order chi connectivity index (χ0) is 24.2. The molecule has 2 fully saturated rings. The summed E-state index contributed by atoms with van der Waals surface area (Å²) < 4.78 is 5.31. The molecule has 0 aliphatic carbocycles. The number of methoxy groups -OCH3 is 1. The number of ether oxygens (including phenoxy) is 1. The van der Waals surface area contributed by atoms with Crippen LogP contribution in [0.5, 0.6) is 5.75 Å². The lowest BCUT2D eigenvalue weighted by Crippen LogP contribution is -2.39. The van der Waals surface area contributed by atoms with Crippen molar-refractivity contribution in [3.63, 3.8) is 0 Å². The summed E-state index contributed by atoms with van der Waals surface area (Å²) in [6.45, 7) is 4.38. The van der Waals surface area contributed by atoms with Crippen molar-refractivity contribution < 1.29 is 9.53 Å². The Morgan fingerprint density at radius 2 is 1.83 bits per heavy atom. The first-order valence-electron chi connectivity index (χ1n) is 12.2. The molecule has 0 bridgehead atoms. The van der Waals surface area contributed by atoms with Crippen LogP contribution in [0.4, 0.5) is 11.5 Å². The average Bonchev–Trinajstić information content (AvgIpc) is 3.41. The van der Waals surface area contributed by atoms with Crippen molar-refractivity contribution in [1.82, 2.24) is 21.0 Å². The fraction of sp³-hybridized carbons (Fsp3) is 0.370. The van der Waals surface area contributed by atoms with Crippen molar-refractivity contribution in [3.05, 3.63) is 66.2 Å². The predicted molar refractivity (Wildman–Crippen MR) is 137 cm³/mol. The van der Waals surface area contributed by atoms with Gasteiger partial charge in [-0.15, -0.1) is 10.2 Å². The number of hydrogen-bond acceptors (Lipinski definition) is 7. The quantitative estimate of drug-likeness (QED) is 0.501. The number of nitrogens with one attached hydrogen (secondary N) is 3. The van der Waals surface area contributed by atoms with Gasteiger partial charge in [-0.05, 0) is 67.1 Å². The standard InChI is InChI=1S/C27H32N6O2/c1-18-12-14-33(15-13-18)26-11-10-23(29-32-26)19-6-8-21(9-7-19)28-27(34)25-17-24(30-31-25)20-4-3-5-22(16-20)35-2/h3-11,16,18,24-25,30-31H,12-15,17H2,1-2H3,(H,28,34). The second-order valence-electron chi connectivity index (χ2n) is 9.42. The molecule has 0 radical (unpaired) electrons. The van der Waals surface area contributed by atoms with Crippen molar-refractivity contribution in [2.75, 3.05) is 30.4 Å². The van der Waals surface area contributed by atoms with Gasteiger partial charge in [0.2, 0.25) is 5.91 Å². The van der Waals surface area contributed by atoms with Gasteiger partial charge in [0.25, 0.3) is 0 Å². The molecule has 5 rings (SSSR count). The fourth-order valence-electron chi connectivity index (χ4n) is 4.64. The first-order chi connectivity index (χ1) is 17.1. The molecule has 1 aromatic heterocycles. The van der Waals surface area contributed by atoms with Crippen LogP contribution in [-0.2, 0) is 4.79 Å². The molecule has 8 heteroatoms. The largest absolute Gasteiger partial charge is 0.497 e. The molecule has 1 amide bonds. The zero-order valence-corrected chi connectivity index (χ0v) is 20.2. The first kappa shape index (κ1) is 23.3. The maximum Gasteiger partial charge on any atom is 0.242 e. The molecular weight excluding hydrogens is 440 g/mol. The van der Waals surface area contributed by atoms with Gasteiger partial charge < -0.3 is 15.0 Å². The van der Waals surface area contributed by atoms with E-state index in [1.807, 2.05) is 60.7 Å². The number of hydrazine groups is 1. The van der Waals surface area contributed by atoms with Gasteiger partial charge in [-0.3, -0.25) is 4.79 Å². The number of rotatable bonds is 6.